The fourth-order valence-corrected chi connectivity index (χ4v) is 3.99. The molecule has 1 fully saturated rings. The summed E-state index contributed by atoms with van der Waals surface area (Å²) in [4.78, 5) is 13.6. The maximum Gasteiger partial charge on any atom is 0.223 e. The average Bonchev–Trinajstić information content (AvgIpc) is 2.47. The van der Waals surface area contributed by atoms with Crippen molar-refractivity contribution in [1.29, 1.82) is 0 Å². The van der Waals surface area contributed by atoms with E-state index in [1.165, 1.54) is 4.90 Å². The van der Waals surface area contributed by atoms with Crippen LogP contribution in [0.5, 0.6) is 0 Å². The van der Waals surface area contributed by atoms with Crippen molar-refractivity contribution >= 4 is 33.6 Å². The van der Waals surface area contributed by atoms with Crippen LogP contribution in [0.25, 0.3) is 0 Å². The predicted octanol–water partition coefficient (Wildman–Crippen LogP) is 3.82. The molecule has 1 amide bonds. The number of hydrogen-bond donors (Lipinski definition) is 2. The van der Waals surface area contributed by atoms with Crippen molar-refractivity contribution in [3.8, 4) is 0 Å². The van der Waals surface area contributed by atoms with Gasteiger partial charge in [-0.05, 0) is 64.4 Å². The minimum atomic E-state index is -0.0258. The zero-order valence-corrected chi connectivity index (χ0v) is 15.9. The minimum Gasteiger partial charge on any atom is -0.354 e. The van der Waals surface area contributed by atoms with Gasteiger partial charge in [0.1, 0.15) is 0 Å². The molecule has 3 nitrogen and oxygen atoms in total. The second-order valence-corrected chi connectivity index (χ2v) is 9.31. The van der Waals surface area contributed by atoms with Gasteiger partial charge in [-0.1, -0.05) is 15.9 Å². The van der Waals surface area contributed by atoms with Crippen molar-refractivity contribution < 1.29 is 4.79 Å². The Morgan fingerprint density at radius 3 is 2.73 bits per heavy atom. The van der Waals surface area contributed by atoms with Gasteiger partial charge in [0.2, 0.25) is 5.91 Å². The first-order chi connectivity index (χ1) is 10.4. The highest BCUT2D eigenvalue weighted by Crippen LogP contribution is 2.32. The Labute approximate surface area is 146 Å². The van der Waals surface area contributed by atoms with E-state index in [1.54, 1.807) is 11.8 Å². The largest absolute Gasteiger partial charge is 0.354 e. The quantitative estimate of drug-likeness (QED) is 0.757. The number of rotatable bonds is 5. The van der Waals surface area contributed by atoms with Gasteiger partial charge in [-0.25, -0.2) is 0 Å². The Balaban J connectivity index is 1.83. The van der Waals surface area contributed by atoms with E-state index >= 15 is 0 Å². The molecule has 22 heavy (non-hydrogen) atoms. The van der Waals surface area contributed by atoms with Crippen LogP contribution in [0.4, 0.5) is 0 Å². The molecule has 1 heterocycles. The van der Waals surface area contributed by atoms with Crippen LogP contribution in [-0.2, 0) is 4.79 Å². The number of thioether (sulfide) groups is 1. The molecule has 2 N–H and O–H groups in total. The molecule has 1 aliphatic heterocycles. The van der Waals surface area contributed by atoms with Crippen LogP contribution >= 0.6 is 27.7 Å². The number of nitrogens with one attached hydrogen (secondary N) is 2. The second kappa shape index (κ2) is 7.84. The van der Waals surface area contributed by atoms with Gasteiger partial charge in [-0.15, -0.1) is 11.8 Å². The topological polar surface area (TPSA) is 41.1 Å². The van der Waals surface area contributed by atoms with Gasteiger partial charge < -0.3 is 10.6 Å². The lowest BCUT2D eigenvalue weighted by atomic mass is 9.92. The zero-order valence-electron chi connectivity index (χ0n) is 13.5. The summed E-state index contributed by atoms with van der Waals surface area (Å²) in [5, 5.41) is 6.54. The Morgan fingerprint density at radius 2 is 2.09 bits per heavy atom. The Hall–Kier alpha value is -0.520. The number of piperidine rings is 1. The van der Waals surface area contributed by atoms with Crippen molar-refractivity contribution in [2.75, 3.05) is 13.1 Å². The molecule has 0 spiro atoms. The van der Waals surface area contributed by atoms with Gasteiger partial charge in [0.25, 0.3) is 0 Å². The van der Waals surface area contributed by atoms with E-state index < -0.39 is 0 Å². The second-order valence-electron chi connectivity index (χ2n) is 6.61. The molecule has 0 bridgehead atoms. The van der Waals surface area contributed by atoms with Gasteiger partial charge in [-0.2, -0.15) is 0 Å². The van der Waals surface area contributed by atoms with Crippen LogP contribution in [0.15, 0.2) is 33.6 Å². The fourth-order valence-electron chi connectivity index (χ4n) is 2.67. The van der Waals surface area contributed by atoms with Gasteiger partial charge >= 0.3 is 0 Å². The highest BCUT2D eigenvalue weighted by atomic mass is 79.9. The van der Waals surface area contributed by atoms with E-state index in [0.717, 1.165) is 23.9 Å². The lowest BCUT2D eigenvalue weighted by Gasteiger charge is -2.29. The van der Waals surface area contributed by atoms with Gasteiger partial charge in [0.05, 0.1) is 0 Å². The number of benzene rings is 1. The number of carbonyl (C=O) groups is 1. The van der Waals surface area contributed by atoms with Crippen LogP contribution in [0, 0.1) is 5.92 Å². The molecule has 0 aliphatic carbocycles. The number of carbonyl (C=O) groups excluding carboxylic acids is 1. The zero-order chi connectivity index (χ0) is 16.2. The summed E-state index contributed by atoms with van der Waals surface area (Å²) >= 11 is 5.25. The highest BCUT2D eigenvalue weighted by molar-refractivity contribution is 9.10. The van der Waals surface area contributed by atoms with Crippen molar-refractivity contribution in [3.05, 3.63) is 28.7 Å². The molecule has 122 valence electrons. The molecular weight excluding hydrogens is 360 g/mol. The lowest BCUT2D eigenvalue weighted by molar-refractivity contribution is -0.126. The molecule has 1 aromatic rings. The third-order valence-corrected chi connectivity index (χ3v) is 5.62. The maximum atomic E-state index is 12.3. The Bertz CT molecular complexity index is 504. The van der Waals surface area contributed by atoms with Crippen molar-refractivity contribution in [2.24, 2.45) is 5.92 Å². The first kappa shape index (κ1) is 17.8. The van der Waals surface area contributed by atoms with Crippen molar-refractivity contribution in [3.63, 3.8) is 0 Å². The van der Waals surface area contributed by atoms with Gasteiger partial charge in [-0.3, -0.25) is 4.79 Å². The van der Waals surface area contributed by atoms with E-state index in [-0.39, 0.29) is 16.6 Å². The molecule has 1 saturated heterocycles. The SMILES string of the molecule is C[C@H]1C[C@@H](C(=O)NCC(C)(C)Sc2ccc(Br)cc2)CCN1. The van der Waals surface area contributed by atoms with Crippen LogP contribution in [0.2, 0.25) is 0 Å². The van der Waals surface area contributed by atoms with Crippen LogP contribution in [-0.4, -0.2) is 29.8 Å². The van der Waals surface area contributed by atoms with E-state index in [0.29, 0.717) is 12.6 Å². The Morgan fingerprint density at radius 1 is 1.41 bits per heavy atom. The maximum absolute atomic E-state index is 12.3. The van der Waals surface area contributed by atoms with Crippen LogP contribution in [0.1, 0.15) is 33.6 Å². The molecule has 0 radical (unpaired) electrons. The monoisotopic (exact) mass is 384 g/mol. The van der Waals surface area contributed by atoms with Crippen molar-refractivity contribution in [1.82, 2.24) is 10.6 Å². The number of amides is 1. The summed E-state index contributed by atoms with van der Waals surface area (Å²) in [7, 11) is 0. The minimum absolute atomic E-state index is 0.0258. The van der Waals surface area contributed by atoms with E-state index in [4.69, 9.17) is 0 Å². The summed E-state index contributed by atoms with van der Waals surface area (Å²) in [6.07, 6.45) is 1.88. The molecule has 2 rings (SSSR count). The lowest BCUT2D eigenvalue weighted by Crippen LogP contribution is -2.45. The molecular formula is C17H25BrN2OS. The Kier molecular flexibility index (Phi) is 6.36. The van der Waals surface area contributed by atoms with Crippen molar-refractivity contribution in [2.45, 2.75) is 49.3 Å². The molecule has 0 saturated carbocycles. The summed E-state index contributed by atoms with van der Waals surface area (Å²) in [5.74, 6) is 0.363. The summed E-state index contributed by atoms with van der Waals surface area (Å²) in [6.45, 7) is 8.12. The normalized spacial score (nSPS) is 22.4. The first-order valence-electron chi connectivity index (χ1n) is 7.81. The molecule has 1 aromatic carbocycles. The van der Waals surface area contributed by atoms with Crippen LogP contribution in [0.3, 0.4) is 0 Å². The van der Waals surface area contributed by atoms with E-state index in [2.05, 4.69) is 59.5 Å². The molecule has 0 unspecified atom stereocenters. The summed E-state index contributed by atoms with van der Waals surface area (Å²) < 4.78 is 1.06. The molecule has 1 aliphatic rings. The average molecular weight is 385 g/mol. The summed E-state index contributed by atoms with van der Waals surface area (Å²) in [6, 6.07) is 8.75. The molecule has 0 aromatic heterocycles. The number of hydrogen-bond acceptors (Lipinski definition) is 3. The highest BCUT2D eigenvalue weighted by Gasteiger charge is 2.27. The van der Waals surface area contributed by atoms with E-state index in [9.17, 15) is 4.79 Å². The van der Waals surface area contributed by atoms with Gasteiger partial charge in [0.15, 0.2) is 0 Å². The predicted molar refractivity (Wildman–Crippen MR) is 97.3 cm³/mol. The van der Waals surface area contributed by atoms with Crippen LogP contribution < -0.4 is 10.6 Å². The molecule has 5 heteroatoms. The van der Waals surface area contributed by atoms with Gasteiger partial charge in [0, 0.05) is 32.6 Å². The smallest absolute Gasteiger partial charge is 0.223 e. The standard InChI is InChI=1S/C17H25BrN2OS/c1-12-10-13(8-9-19-12)16(21)20-11-17(2,3)22-15-6-4-14(18)5-7-15/h4-7,12-13,19H,8-11H2,1-3H3,(H,20,21)/t12-,13-/m0/s1. The summed E-state index contributed by atoms with van der Waals surface area (Å²) in [5.41, 5.74) is 0. The fraction of sp³-hybridized carbons (Fsp3) is 0.588. The third kappa shape index (κ3) is 5.60. The first-order valence-corrected chi connectivity index (χ1v) is 9.42. The third-order valence-electron chi connectivity index (χ3n) is 3.89. The molecule has 2 atom stereocenters. The number of halogens is 1. The van der Waals surface area contributed by atoms with E-state index in [1.807, 2.05) is 12.1 Å².